The Bertz CT molecular complexity index is 258. The van der Waals surface area contributed by atoms with Crippen molar-refractivity contribution in [3.63, 3.8) is 0 Å². The molecule has 2 radical (unpaired) electrons. The predicted molar refractivity (Wildman–Crippen MR) is 31.9 cm³/mol. The van der Waals surface area contributed by atoms with Crippen LogP contribution in [0.1, 0.15) is 0 Å². The molecule has 0 saturated carbocycles. The first kappa shape index (κ1) is 18.6. The molecule has 0 aromatic rings. The molecule has 0 N–H and O–H groups in total. The van der Waals surface area contributed by atoms with E-state index in [2.05, 4.69) is 8.67 Å². The van der Waals surface area contributed by atoms with E-state index >= 15 is 0 Å². The summed E-state index contributed by atoms with van der Waals surface area (Å²) in [6, 6.07) is 0. The summed E-state index contributed by atoms with van der Waals surface area (Å²) in [4.78, 5) is 0. The molecule has 0 aliphatic rings. The van der Waals surface area contributed by atoms with E-state index in [1.54, 1.807) is 0 Å². The second kappa shape index (κ2) is 6.33. The molecule has 0 fully saturated rings. The fourth-order valence-corrected chi connectivity index (χ4v) is 0.908. The first-order chi connectivity index (χ1) is 4.21. The van der Waals surface area contributed by atoms with Gasteiger partial charge in [0.15, 0.2) is 0 Å². The molecule has 0 amide bonds. The van der Waals surface area contributed by atoms with Crippen molar-refractivity contribution < 1.29 is 59.6 Å². The van der Waals surface area contributed by atoms with E-state index in [1.807, 2.05) is 0 Å². The molecule has 0 rings (SSSR count). The summed E-state index contributed by atoms with van der Waals surface area (Å²) < 4.78 is 47.2. The van der Waals surface area contributed by atoms with E-state index in [1.165, 1.54) is 0 Å². The molecule has 12 heavy (non-hydrogen) atoms. The molecule has 0 saturated heterocycles. The molecular formula is C2H6Cu2O6S2. The molecule has 6 nitrogen and oxygen atoms in total. The second-order valence-corrected chi connectivity index (χ2v) is 4.63. The van der Waals surface area contributed by atoms with Crippen LogP contribution in [0.3, 0.4) is 0 Å². The van der Waals surface area contributed by atoms with E-state index < -0.39 is 20.2 Å². The SMILES string of the molecule is CS(=O)(=O)OOS(C)(=O)=O.[Cu].[Cu]. The van der Waals surface area contributed by atoms with Crippen LogP contribution in [0.2, 0.25) is 0 Å². The summed E-state index contributed by atoms with van der Waals surface area (Å²) in [5, 5.41) is 0. The third-order valence-electron chi connectivity index (χ3n) is 0.275. The maximum atomic E-state index is 10.1. The summed E-state index contributed by atoms with van der Waals surface area (Å²) >= 11 is 0. The molecule has 10 heteroatoms. The average molecular weight is 317 g/mol. The standard InChI is InChI=1S/C2H6O6S2.2Cu/c1-9(3,4)7-8-10(2,5)6;;/h1-2H3;;. The topological polar surface area (TPSA) is 86.7 Å². The van der Waals surface area contributed by atoms with E-state index in [0.29, 0.717) is 12.5 Å². The van der Waals surface area contributed by atoms with E-state index in [9.17, 15) is 16.8 Å². The maximum Gasteiger partial charge on any atom is 0.291 e. The Morgan fingerprint density at radius 2 is 0.917 bits per heavy atom. The molecule has 0 spiro atoms. The maximum absolute atomic E-state index is 10.1. The van der Waals surface area contributed by atoms with Crippen molar-refractivity contribution >= 4 is 20.2 Å². The van der Waals surface area contributed by atoms with Gasteiger partial charge in [-0.15, -0.1) is 0 Å². The molecule has 0 heterocycles. The molecule has 0 unspecified atom stereocenters. The van der Waals surface area contributed by atoms with Gasteiger partial charge in [-0.2, -0.15) is 16.8 Å². The molecule has 0 aliphatic heterocycles. The van der Waals surface area contributed by atoms with Crippen LogP contribution in [0, 0.1) is 0 Å². The third-order valence-corrected chi connectivity index (χ3v) is 0.992. The molecule has 0 atom stereocenters. The minimum atomic E-state index is -3.86. The zero-order chi connectivity index (χ0) is 8.41. The number of rotatable bonds is 3. The molecule has 0 aromatic carbocycles. The van der Waals surface area contributed by atoms with Crippen LogP contribution in [-0.2, 0) is 63.0 Å². The van der Waals surface area contributed by atoms with Gasteiger partial charge in [0.1, 0.15) is 0 Å². The fraction of sp³-hybridized carbons (Fsp3) is 1.00. The first-order valence-corrected chi connectivity index (χ1v) is 5.62. The minimum Gasteiger partial charge on any atom is -0.197 e. The van der Waals surface area contributed by atoms with Crippen molar-refractivity contribution in [2.24, 2.45) is 0 Å². The molecule has 0 aliphatic carbocycles. The largest absolute Gasteiger partial charge is 0.291 e. The van der Waals surface area contributed by atoms with Crippen LogP contribution in [-0.4, -0.2) is 29.3 Å². The third kappa shape index (κ3) is 17.1. The van der Waals surface area contributed by atoms with Gasteiger partial charge in [-0.25, -0.2) is 0 Å². The van der Waals surface area contributed by atoms with Gasteiger partial charge >= 0.3 is 0 Å². The van der Waals surface area contributed by atoms with Crippen LogP contribution in [0.15, 0.2) is 0 Å². The molecule has 0 bridgehead atoms. The second-order valence-electron chi connectivity index (χ2n) is 1.54. The summed E-state index contributed by atoms with van der Waals surface area (Å²) in [7, 11) is -7.72. The fourth-order valence-electron chi connectivity index (χ4n) is 0.101. The van der Waals surface area contributed by atoms with Crippen LogP contribution in [0.25, 0.3) is 0 Å². The van der Waals surface area contributed by atoms with Gasteiger partial charge in [-0.1, -0.05) is 8.67 Å². The van der Waals surface area contributed by atoms with Gasteiger partial charge in [0.25, 0.3) is 20.2 Å². The molecule has 84 valence electrons. The first-order valence-electron chi connectivity index (χ1n) is 1.98. The van der Waals surface area contributed by atoms with Crippen molar-refractivity contribution in [1.29, 1.82) is 0 Å². The Morgan fingerprint density at radius 1 is 0.750 bits per heavy atom. The minimum absolute atomic E-state index is 0. The smallest absolute Gasteiger partial charge is 0.197 e. The van der Waals surface area contributed by atoms with Crippen LogP contribution < -0.4 is 0 Å². The Labute approximate surface area is 92.1 Å². The summed E-state index contributed by atoms with van der Waals surface area (Å²) in [6.07, 6.45) is 1.33. The Hall–Kier alpha value is 0.859. The Balaban J connectivity index is -0.000000405. The van der Waals surface area contributed by atoms with Crippen molar-refractivity contribution in [1.82, 2.24) is 0 Å². The van der Waals surface area contributed by atoms with Crippen molar-refractivity contribution in [3.05, 3.63) is 0 Å². The van der Waals surface area contributed by atoms with Gasteiger partial charge in [0, 0.05) is 34.1 Å². The number of hydrogen-bond donors (Lipinski definition) is 0. The van der Waals surface area contributed by atoms with E-state index in [0.717, 1.165) is 0 Å². The Morgan fingerprint density at radius 3 is 1.00 bits per heavy atom. The summed E-state index contributed by atoms with van der Waals surface area (Å²) in [5.74, 6) is 0. The Kier molecular flexibility index (Phi) is 9.82. The molecule has 0 aromatic heterocycles. The number of hydrogen-bond acceptors (Lipinski definition) is 6. The monoisotopic (exact) mass is 316 g/mol. The van der Waals surface area contributed by atoms with Crippen LogP contribution in [0.4, 0.5) is 0 Å². The average Bonchev–Trinajstić information content (AvgIpc) is 1.57. The van der Waals surface area contributed by atoms with Gasteiger partial charge in [0.2, 0.25) is 0 Å². The van der Waals surface area contributed by atoms with Crippen molar-refractivity contribution in [3.8, 4) is 0 Å². The van der Waals surface area contributed by atoms with Crippen LogP contribution >= 0.6 is 0 Å². The van der Waals surface area contributed by atoms with E-state index in [4.69, 9.17) is 0 Å². The van der Waals surface area contributed by atoms with Gasteiger partial charge in [0.05, 0.1) is 12.5 Å². The normalized spacial score (nSPS) is 11.2. The van der Waals surface area contributed by atoms with E-state index in [-0.39, 0.29) is 34.1 Å². The predicted octanol–water partition coefficient (Wildman–Crippen LogP) is -1.15. The summed E-state index contributed by atoms with van der Waals surface area (Å²) in [6.45, 7) is 0. The quantitative estimate of drug-likeness (QED) is 0.371. The van der Waals surface area contributed by atoms with Gasteiger partial charge < -0.3 is 0 Å². The zero-order valence-electron chi connectivity index (χ0n) is 5.87. The van der Waals surface area contributed by atoms with Gasteiger partial charge in [-0.3, -0.25) is 0 Å². The van der Waals surface area contributed by atoms with Crippen molar-refractivity contribution in [2.45, 2.75) is 0 Å². The summed E-state index contributed by atoms with van der Waals surface area (Å²) in [5.41, 5.74) is 0. The zero-order valence-corrected chi connectivity index (χ0v) is 9.39. The van der Waals surface area contributed by atoms with Crippen LogP contribution in [0.5, 0.6) is 0 Å². The van der Waals surface area contributed by atoms with Crippen molar-refractivity contribution in [2.75, 3.05) is 12.5 Å². The van der Waals surface area contributed by atoms with Gasteiger partial charge in [-0.05, 0) is 0 Å². The molecular weight excluding hydrogens is 311 g/mol.